The van der Waals surface area contributed by atoms with Crippen molar-refractivity contribution in [1.82, 2.24) is 10.6 Å². The number of carboxylic acid groups (broad SMARTS) is 1. The van der Waals surface area contributed by atoms with Gasteiger partial charge in [0.1, 0.15) is 17.1 Å². The van der Waals surface area contributed by atoms with Gasteiger partial charge in [-0.1, -0.05) is 19.9 Å². The van der Waals surface area contributed by atoms with Gasteiger partial charge in [0.05, 0.1) is 5.56 Å². The summed E-state index contributed by atoms with van der Waals surface area (Å²) in [4.78, 5) is 36.2. The zero-order chi connectivity index (χ0) is 28.1. The van der Waals surface area contributed by atoms with Crippen molar-refractivity contribution < 1.29 is 24.2 Å². The van der Waals surface area contributed by atoms with Crippen LogP contribution in [0.4, 0.5) is 5.69 Å². The summed E-state index contributed by atoms with van der Waals surface area (Å²) in [5, 5.41) is 29.7. The Balaban J connectivity index is 1.57. The zero-order valence-electron chi connectivity index (χ0n) is 21.5. The van der Waals surface area contributed by atoms with Gasteiger partial charge in [-0.25, -0.2) is 4.79 Å². The summed E-state index contributed by atoms with van der Waals surface area (Å²) >= 11 is 5.34. The topological polar surface area (TPSA) is 141 Å². The molecule has 1 aliphatic heterocycles. The number of phenols is 1. The van der Waals surface area contributed by atoms with Gasteiger partial charge in [-0.3, -0.25) is 9.59 Å². The second-order valence-electron chi connectivity index (χ2n) is 9.54. The predicted octanol–water partition coefficient (Wildman–Crippen LogP) is 4.81. The molecule has 9 nitrogen and oxygen atoms in total. The molecule has 0 aromatic heterocycles. The number of amides is 1. The van der Waals surface area contributed by atoms with Crippen molar-refractivity contribution in [2.45, 2.75) is 26.7 Å². The van der Waals surface area contributed by atoms with Crippen LogP contribution in [-0.2, 0) is 4.79 Å². The van der Waals surface area contributed by atoms with Crippen molar-refractivity contribution in [2.24, 2.45) is 5.92 Å². The number of benzene rings is 3. The number of carboxylic acids is 1. The number of hydrogen-bond donors (Lipinski definition) is 5. The second kappa shape index (κ2) is 12.0. The third-order valence-electron chi connectivity index (χ3n) is 6.14. The molecule has 5 N–H and O–H groups in total. The van der Waals surface area contributed by atoms with Crippen LogP contribution in [0.5, 0.6) is 5.75 Å². The number of phenolic OH excluding ortho intramolecular Hbond substituents is 1. The summed E-state index contributed by atoms with van der Waals surface area (Å²) in [6.07, 6.45) is 1.30. The Kier molecular flexibility index (Phi) is 8.46. The maximum absolute atomic E-state index is 12.4. The van der Waals surface area contributed by atoms with Crippen LogP contribution in [0.15, 0.2) is 63.8 Å². The second-order valence-corrected chi connectivity index (χ2v) is 9.95. The van der Waals surface area contributed by atoms with Gasteiger partial charge in [-0.2, -0.15) is 0 Å². The first-order valence-electron chi connectivity index (χ1n) is 12.5. The first-order chi connectivity index (χ1) is 18.6. The molecule has 0 atom stereocenters. The molecule has 0 saturated heterocycles. The molecule has 4 rings (SSSR count). The van der Waals surface area contributed by atoms with E-state index in [1.165, 1.54) is 30.3 Å². The molecule has 0 saturated carbocycles. The number of aromatic hydroxyl groups is 1. The highest BCUT2D eigenvalue weighted by Crippen LogP contribution is 2.42. The Morgan fingerprint density at radius 1 is 0.974 bits per heavy atom. The van der Waals surface area contributed by atoms with Crippen LogP contribution in [0.25, 0.3) is 33.4 Å². The van der Waals surface area contributed by atoms with Gasteiger partial charge in [-0.15, -0.1) is 0 Å². The van der Waals surface area contributed by atoms with E-state index in [2.05, 4.69) is 29.8 Å². The van der Waals surface area contributed by atoms with Crippen molar-refractivity contribution in [3.63, 3.8) is 0 Å². The fraction of sp³-hybridized carbons (Fsp3) is 0.241. The summed E-state index contributed by atoms with van der Waals surface area (Å²) < 4.78 is 5.86. The van der Waals surface area contributed by atoms with Gasteiger partial charge in [0, 0.05) is 53.8 Å². The number of anilines is 1. The summed E-state index contributed by atoms with van der Waals surface area (Å²) in [5.41, 5.74) is 2.05. The van der Waals surface area contributed by atoms with E-state index in [1.54, 1.807) is 24.3 Å². The first-order valence-corrected chi connectivity index (χ1v) is 12.9. The molecule has 1 amide bonds. The molecule has 2 aliphatic rings. The van der Waals surface area contributed by atoms with Gasteiger partial charge in [0.15, 0.2) is 10.5 Å². The fourth-order valence-corrected chi connectivity index (χ4v) is 4.45. The largest absolute Gasteiger partial charge is 0.508 e. The summed E-state index contributed by atoms with van der Waals surface area (Å²) in [5.74, 6) is -0.458. The highest BCUT2D eigenvalue weighted by atomic mass is 32.1. The maximum atomic E-state index is 12.4. The number of rotatable bonds is 9. The van der Waals surface area contributed by atoms with Crippen LogP contribution < -0.4 is 21.4 Å². The molecule has 2 aromatic carbocycles. The number of fused-ring (bicyclic) bond motifs is 2. The lowest BCUT2D eigenvalue weighted by atomic mass is 9.90. The van der Waals surface area contributed by atoms with E-state index in [0.717, 1.165) is 6.42 Å². The minimum Gasteiger partial charge on any atom is -0.508 e. The Hall–Kier alpha value is -4.44. The number of aromatic carboxylic acids is 1. The van der Waals surface area contributed by atoms with Crippen molar-refractivity contribution in [3.05, 3.63) is 70.4 Å². The number of carbonyl (C=O) groups excluding carboxylic acids is 1. The van der Waals surface area contributed by atoms with Crippen LogP contribution in [0.2, 0.25) is 0 Å². The van der Waals surface area contributed by atoms with E-state index in [1.807, 2.05) is 0 Å². The number of nitrogens with one attached hydrogen (secondary N) is 3. The highest BCUT2D eigenvalue weighted by molar-refractivity contribution is 7.80. The standard InChI is InChI=1S/C29H29N3O6S/c1-16(2)3-10-26(35)30-11-12-31-29(39)32-17-4-7-20(23(13-17)28(36)37)27-21-8-5-18(33)14-24(21)38-25-15-19(34)6-9-22(25)27/h4-9,13-16,33H,3,10-12H2,1-2H3,(H,30,35)(H,36,37)(H2,31,32,39). The molecule has 1 aliphatic carbocycles. The first kappa shape index (κ1) is 27.6. The lowest BCUT2D eigenvalue weighted by molar-refractivity contribution is -0.121. The zero-order valence-corrected chi connectivity index (χ0v) is 22.4. The van der Waals surface area contributed by atoms with Crippen molar-refractivity contribution in [1.29, 1.82) is 0 Å². The molecule has 2 aromatic rings. The van der Waals surface area contributed by atoms with E-state index >= 15 is 0 Å². The summed E-state index contributed by atoms with van der Waals surface area (Å²) in [6.45, 7) is 4.94. The monoisotopic (exact) mass is 547 g/mol. The Labute approximate surface area is 230 Å². The predicted molar refractivity (Wildman–Crippen MR) is 154 cm³/mol. The molecular weight excluding hydrogens is 518 g/mol. The van der Waals surface area contributed by atoms with Crippen LogP contribution in [0.3, 0.4) is 0 Å². The molecule has 0 bridgehead atoms. The molecule has 1 heterocycles. The van der Waals surface area contributed by atoms with Gasteiger partial charge in [0.2, 0.25) is 5.91 Å². The van der Waals surface area contributed by atoms with Gasteiger partial charge in [-0.05, 0) is 66.5 Å². The minimum absolute atomic E-state index is 0.00768. The van der Waals surface area contributed by atoms with Crippen LogP contribution in [0.1, 0.15) is 37.0 Å². The van der Waals surface area contributed by atoms with Crippen molar-refractivity contribution >= 4 is 45.9 Å². The minimum atomic E-state index is -1.15. The van der Waals surface area contributed by atoms with E-state index in [-0.39, 0.29) is 33.5 Å². The molecule has 0 unspecified atom stereocenters. The van der Waals surface area contributed by atoms with E-state index in [9.17, 15) is 24.6 Å². The molecule has 0 spiro atoms. The molecular formula is C29H29N3O6S. The number of hydrogen-bond acceptors (Lipinski definition) is 6. The molecule has 39 heavy (non-hydrogen) atoms. The Morgan fingerprint density at radius 3 is 2.46 bits per heavy atom. The number of thiocarbonyl (C=S) groups is 1. The molecule has 202 valence electrons. The van der Waals surface area contributed by atoms with Gasteiger partial charge >= 0.3 is 5.97 Å². The smallest absolute Gasteiger partial charge is 0.336 e. The molecule has 0 fully saturated rings. The Morgan fingerprint density at radius 2 is 1.72 bits per heavy atom. The lowest BCUT2D eigenvalue weighted by Gasteiger charge is -2.18. The third kappa shape index (κ3) is 6.71. The number of carbonyl (C=O) groups is 2. The van der Waals surface area contributed by atoms with E-state index < -0.39 is 5.97 Å². The average Bonchev–Trinajstić information content (AvgIpc) is 2.88. The van der Waals surface area contributed by atoms with Gasteiger partial charge < -0.3 is 30.6 Å². The molecule has 0 radical (unpaired) electrons. The van der Waals surface area contributed by atoms with Crippen LogP contribution >= 0.6 is 12.2 Å². The normalized spacial score (nSPS) is 11.1. The SMILES string of the molecule is CC(C)CCC(=O)NCCNC(=S)Nc1ccc(-c2c3ccc(=O)cc-3oc3cc(O)ccc23)c(C(=O)O)c1. The van der Waals surface area contributed by atoms with Crippen LogP contribution in [-0.4, -0.2) is 40.3 Å². The quantitative estimate of drug-likeness (QED) is 0.113. The summed E-state index contributed by atoms with van der Waals surface area (Å²) in [7, 11) is 0. The van der Waals surface area contributed by atoms with E-state index in [0.29, 0.717) is 58.8 Å². The third-order valence-corrected chi connectivity index (χ3v) is 6.38. The maximum Gasteiger partial charge on any atom is 0.336 e. The van der Waals surface area contributed by atoms with Crippen molar-refractivity contribution in [3.8, 4) is 28.2 Å². The Bertz CT molecular complexity index is 1580. The fourth-order valence-electron chi connectivity index (χ4n) is 4.23. The van der Waals surface area contributed by atoms with Crippen molar-refractivity contribution in [2.75, 3.05) is 18.4 Å². The average molecular weight is 548 g/mol. The van der Waals surface area contributed by atoms with E-state index in [4.69, 9.17) is 16.6 Å². The highest BCUT2D eigenvalue weighted by Gasteiger charge is 2.22. The van der Waals surface area contributed by atoms with Crippen LogP contribution in [0, 0.1) is 5.92 Å². The molecule has 10 heteroatoms. The van der Waals surface area contributed by atoms with Gasteiger partial charge in [0.25, 0.3) is 0 Å². The summed E-state index contributed by atoms with van der Waals surface area (Å²) in [6, 6.07) is 13.7. The lowest BCUT2D eigenvalue weighted by Crippen LogP contribution is -2.36.